The number of nitrogens with zero attached hydrogens (tertiary/aromatic N) is 1. The van der Waals surface area contributed by atoms with Crippen LogP contribution in [0.4, 0.5) is 5.69 Å². The predicted octanol–water partition coefficient (Wildman–Crippen LogP) is 4.02. The average Bonchev–Trinajstić information content (AvgIpc) is 2.40. The summed E-state index contributed by atoms with van der Waals surface area (Å²) in [4.78, 5) is 2.09. The Hall–Kier alpha value is -1.52. The number of halogens is 2. The third-order valence-corrected chi connectivity index (χ3v) is 4.14. The summed E-state index contributed by atoms with van der Waals surface area (Å²) in [6.07, 6.45) is 0. The Morgan fingerprint density at radius 1 is 1.30 bits per heavy atom. The van der Waals surface area contributed by atoms with Gasteiger partial charge in [0.2, 0.25) is 0 Å². The van der Waals surface area contributed by atoms with Crippen LogP contribution in [0.2, 0.25) is 5.02 Å². The molecule has 104 valence electrons. The van der Waals surface area contributed by atoms with Crippen molar-refractivity contribution >= 4 is 39.1 Å². The van der Waals surface area contributed by atoms with Crippen LogP contribution in [0.1, 0.15) is 11.1 Å². The lowest BCUT2D eigenvalue weighted by Crippen LogP contribution is -2.17. The van der Waals surface area contributed by atoms with Gasteiger partial charge in [0, 0.05) is 29.3 Å². The molecule has 0 bridgehead atoms. The summed E-state index contributed by atoms with van der Waals surface area (Å²) >= 11 is 9.69. The van der Waals surface area contributed by atoms with Gasteiger partial charge in [0.25, 0.3) is 0 Å². The molecule has 3 nitrogen and oxygen atoms in total. The molecule has 0 heterocycles. The number of nitrogen functional groups attached to an aromatic ring is 1. The molecule has 3 N–H and O–H groups in total. The molecule has 0 amide bonds. The van der Waals surface area contributed by atoms with Gasteiger partial charge < -0.3 is 10.6 Å². The molecule has 2 aromatic carbocycles. The molecule has 0 saturated heterocycles. The number of anilines is 1. The van der Waals surface area contributed by atoms with Crippen LogP contribution in [0.3, 0.4) is 0 Å². The number of benzene rings is 2. The number of hydrogen-bond donors (Lipinski definition) is 2. The van der Waals surface area contributed by atoms with Gasteiger partial charge in [0.05, 0.1) is 5.02 Å². The van der Waals surface area contributed by atoms with E-state index in [1.807, 2.05) is 37.4 Å². The molecule has 5 heteroatoms. The zero-order valence-electron chi connectivity index (χ0n) is 11.0. The lowest BCUT2D eigenvalue weighted by molar-refractivity contribution is 0.918. The zero-order valence-corrected chi connectivity index (χ0v) is 13.4. The Kier molecular flexibility index (Phi) is 4.68. The van der Waals surface area contributed by atoms with Crippen molar-refractivity contribution in [1.82, 2.24) is 0 Å². The summed E-state index contributed by atoms with van der Waals surface area (Å²) in [5.74, 6) is -0.0185. The summed E-state index contributed by atoms with van der Waals surface area (Å²) in [5.41, 5.74) is 8.20. The number of amidine groups is 1. The van der Waals surface area contributed by atoms with Gasteiger partial charge in [-0.1, -0.05) is 45.7 Å². The number of nitrogens with one attached hydrogen (secondary N) is 1. The molecule has 0 aromatic heterocycles. The van der Waals surface area contributed by atoms with Gasteiger partial charge in [-0.3, -0.25) is 5.41 Å². The minimum Gasteiger partial charge on any atom is -0.384 e. The second-order valence-corrected chi connectivity index (χ2v) is 5.79. The first-order chi connectivity index (χ1) is 9.49. The van der Waals surface area contributed by atoms with Crippen LogP contribution in [0.5, 0.6) is 0 Å². The van der Waals surface area contributed by atoms with Crippen LogP contribution in [0, 0.1) is 5.41 Å². The first-order valence-electron chi connectivity index (χ1n) is 6.07. The smallest absolute Gasteiger partial charge is 0.124 e. The van der Waals surface area contributed by atoms with Gasteiger partial charge >= 0.3 is 0 Å². The van der Waals surface area contributed by atoms with Crippen molar-refractivity contribution in [2.24, 2.45) is 5.73 Å². The van der Waals surface area contributed by atoms with Gasteiger partial charge in [-0.25, -0.2) is 0 Å². The van der Waals surface area contributed by atoms with Crippen molar-refractivity contribution in [3.8, 4) is 0 Å². The van der Waals surface area contributed by atoms with Crippen LogP contribution >= 0.6 is 27.5 Å². The largest absolute Gasteiger partial charge is 0.384 e. The molecular weight excluding hydrogens is 338 g/mol. The number of nitrogens with two attached hydrogens (primary N) is 1. The topological polar surface area (TPSA) is 53.1 Å². The van der Waals surface area contributed by atoms with Gasteiger partial charge in [0.15, 0.2) is 0 Å². The second kappa shape index (κ2) is 6.29. The Labute approximate surface area is 132 Å². The molecule has 0 unspecified atom stereocenters. The summed E-state index contributed by atoms with van der Waals surface area (Å²) in [5, 5.41) is 7.93. The van der Waals surface area contributed by atoms with Crippen molar-refractivity contribution in [3.63, 3.8) is 0 Å². The van der Waals surface area contributed by atoms with Crippen molar-refractivity contribution in [1.29, 1.82) is 5.41 Å². The highest BCUT2D eigenvalue weighted by molar-refractivity contribution is 9.10. The van der Waals surface area contributed by atoms with Gasteiger partial charge in [0.1, 0.15) is 5.84 Å². The average molecular weight is 353 g/mol. The lowest BCUT2D eigenvalue weighted by Gasteiger charge is -2.21. The summed E-state index contributed by atoms with van der Waals surface area (Å²) in [6, 6.07) is 13.6. The number of rotatable bonds is 4. The van der Waals surface area contributed by atoms with Crippen molar-refractivity contribution < 1.29 is 0 Å². The summed E-state index contributed by atoms with van der Waals surface area (Å²) < 4.78 is 1.08. The quantitative estimate of drug-likeness (QED) is 0.645. The van der Waals surface area contributed by atoms with Crippen LogP contribution in [0.25, 0.3) is 0 Å². The van der Waals surface area contributed by atoms with E-state index in [4.69, 9.17) is 22.7 Å². The van der Waals surface area contributed by atoms with E-state index in [0.717, 1.165) is 16.7 Å². The van der Waals surface area contributed by atoms with E-state index >= 15 is 0 Å². The fourth-order valence-corrected chi connectivity index (χ4v) is 2.62. The minimum absolute atomic E-state index is 0.0185. The van der Waals surface area contributed by atoms with Crippen LogP contribution in [0.15, 0.2) is 46.9 Å². The Morgan fingerprint density at radius 3 is 2.60 bits per heavy atom. The highest BCUT2D eigenvalue weighted by Crippen LogP contribution is 2.25. The molecule has 2 aromatic rings. The van der Waals surface area contributed by atoms with Crippen molar-refractivity contribution in [2.45, 2.75) is 6.54 Å². The third-order valence-electron chi connectivity index (χ3n) is 3.05. The third kappa shape index (κ3) is 3.32. The normalized spacial score (nSPS) is 10.3. The first kappa shape index (κ1) is 14.9. The van der Waals surface area contributed by atoms with E-state index in [9.17, 15) is 0 Å². The maximum absolute atomic E-state index is 7.44. The zero-order chi connectivity index (χ0) is 14.7. The SMILES string of the molecule is CN(Cc1ccccc1Br)c1ccc(C(=N)N)c(Cl)c1. The Balaban J connectivity index is 2.22. The standard InChI is InChI=1S/C15H15BrClN3/c1-20(9-10-4-2-3-5-13(10)16)11-6-7-12(15(18)19)14(17)8-11/h2-8H,9H2,1H3,(H3,18,19). The molecule has 2 rings (SSSR count). The van der Waals surface area contributed by atoms with Crippen LogP contribution < -0.4 is 10.6 Å². The molecule has 0 aliphatic heterocycles. The fraction of sp³-hybridized carbons (Fsp3) is 0.133. The molecular formula is C15H15BrClN3. The van der Waals surface area contributed by atoms with E-state index in [-0.39, 0.29) is 5.84 Å². The van der Waals surface area contributed by atoms with Crippen LogP contribution in [-0.4, -0.2) is 12.9 Å². The fourth-order valence-electron chi connectivity index (χ4n) is 1.93. The molecule has 0 aliphatic rings. The highest BCUT2D eigenvalue weighted by atomic mass is 79.9. The summed E-state index contributed by atoms with van der Waals surface area (Å²) in [6.45, 7) is 0.761. The summed E-state index contributed by atoms with van der Waals surface area (Å²) in [7, 11) is 2.00. The molecule has 0 spiro atoms. The molecule has 0 atom stereocenters. The number of hydrogen-bond acceptors (Lipinski definition) is 2. The molecule has 0 radical (unpaired) electrons. The lowest BCUT2D eigenvalue weighted by atomic mass is 10.1. The second-order valence-electron chi connectivity index (χ2n) is 4.53. The van der Waals surface area contributed by atoms with Crippen LogP contribution in [-0.2, 0) is 6.54 Å². The first-order valence-corrected chi connectivity index (χ1v) is 7.24. The Bertz CT molecular complexity index is 643. The van der Waals surface area contributed by atoms with Gasteiger partial charge in [-0.2, -0.15) is 0 Å². The van der Waals surface area contributed by atoms with Crippen molar-refractivity contribution in [2.75, 3.05) is 11.9 Å². The molecule has 20 heavy (non-hydrogen) atoms. The minimum atomic E-state index is -0.0185. The highest BCUT2D eigenvalue weighted by Gasteiger charge is 2.09. The molecule has 0 aliphatic carbocycles. The maximum Gasteiger partial charge on any atom is 0.124 e. The van der Waals surface area contributed by atoms with E-state index in [0.29, 0.717) is 10.6 Å². The van der Waals surface area contributed by atoms with E-state index in [1.165, 1.54) is 5.56 Å². The van der Waals surface area contributed by atoms with E-state index < -0.39 is 0 Å². The predicted molar refractivity (Wildman–Crippen MR) is 88.7 cm³/mol. The monoisotopic (exact) mass is 351 g/mol. The van der Waals surface area contributed by atoms with E-state index in [1.54, 1.807) is 6.07 Å². The molecule has 0 saturated carbocycles. The van der Waals surface area contributed by atoms with Crippen molar-refractivity contribution in [3.05, 3.63) is 63.1 Å². The maximum atomic E-state index is 7.44. The molecule has 0 fully saturated rings. The van der Waals surface area contributed by atoms with E-state index in [2.05, 4.69) is 26.9 Å². The van der Waals surface area contributed by atoms with Gasteiger partial charge in [-0.05, 0) is 29.8 Å². The Morgan fingerprint density at radius 2 is 2.00 bits per heavy atom. The van der Waals surface area contributed by atoms with Gasteiger partial charge in [-0.15, -0.1) is 0 Å².